The molecular formula is C16H20O2. The first kappa shape index (κ1) is 12.9. The molecular weight excluding hydrogens is 224 g/mol. The Morgan fingerprint density at radius 3 is 2.56 bits per heavy atom. The summed E-state index contributed by atoms with van der Waals surface area (Å²) >= 11 is 0. The number of ether oxygens (including phenoxy) is 1. The SMILES string of the molecule is COc1ccc(C(C)=O)cc1C1=C(C)CC(C)C1. The molecule has 1 atom stereocenters. The van der Waals surface area contributed by atoms with Crippen molar-refractivity contribution < 1.29 is 9.53 Å². The van der Waals surface area contributed by atoms with Crippen LogP contribution in [0, 0.1) is 5.92 Å². The predicted molar refractivity (Wildman–Crippen MR) is 74.0 cm³/mol. The molecule has 0 radical (unpaired) electrons. The minimum absolute atomic E-state index is 0.100. The minimum atomic E-state index is 0.100. The Morgan fingerprint density at radius 2 is 2.06 bits per heavy atom. The molecule has 0 heterocycles. The van der Waals surface area contributed by atoms with E-state index >= 15 is 0 Å². The first-order chi connectivity index (χ1) is 8.52. The molecule has 0 spiro atoms. The van der Waals surface area contributed by atoms with Gasteiger partial charge in [0.15, 0.2) is 5.78 Å². The van der Waals surface area contributed by atoms with Crippen LogP contribution >= 0.6 is 0 Å². The molecule has 0 saturated heterocycles. The van der Waals surface area contributed by atoms with E-state index in [0.29, 0.717) is 5.92 Å². The zero-order valence-corrected chi connectivity index (χ0v) is 11.5. The number of ketones is 1. The largest absolute Gasteiger partial charge is 0.496 e. The first-order valence-corrected chi connectivity index (χ1v) is 6.41. The Morgan fingerprint density at radius 1 is 1.33 bits per heavy atom. The molecule has 0 saturated carbocycles. The molecule has 1 aliphatic carbocycles. The number of carbonyl (C=O) groups is 1. The summed E-state index contributed by atoms with van der Waals surface area (Å²) in [6.45, 7) is 6.04. The van der Waals surface area contributed by atoms with Gasteiger partial charge in [-0.05, 0) is 56.4 Å². The van der Waals surface area contributed by atoms with Gasteiger partial charge in [0.1, 0.15) is 5.75 Å². The number of hydrogen-bond donors (Lipinski definition) is 0. The number of Topliss-reactive ketones (excluding diaryl/α,β-unsaturated/α-hetero) is 1. The lowest BCUT2D eigenvalue weighted by Gasteiger charge is -2.12. The summed E-state index contributed by atoms with van der Waals surface area (Å²) in [6.07, 6.45) is 2.21. The molecule has 18 heavy (non-hydrogen) atoms. The van der Waals surface area contributed by atoms with E-state index < -0.39 is 0 Å². The van der Waals surface area contributed by atoms with Gasteiger partial charge in [-0.1, -0.05) is 12.5 Å². The third-order valence-corrected chi connectivity index (χ3v) is 3.65. The topological polar surface area (TPSA) is 26.3 Å². The van der Waals surface area contributed by atoms with Crippen LogP contribution in [0.5, 0.6) is 5.75 Å². The van der Waals surface area contributed by atoms with Crippen molar-refractivity contribution in [3.63, 3.8) is 0 Å². The molecule has 2 heteroatoms. The van der Waals surface area contributed by atoms with E-state index in [1.165, 1.54) is 11.1 Å². The highest BCUT2D eigenvalue weighted by Crippen LogP contribution is 2.41. The van der Waals surface area contributed by atoms with E-state index in [1.807, 2.05) is 18.2 Å². The van der Waals surface area contributed by atoms with Crippen molar-refractivity contribution in [2.24, 2.45) is 5.92 Å². The van der Waals surface area contributed by atoms with E-state index in [2.05, 4.69) is 13.8 Å². The smallest absolute Gasteiger partial charge is 0.159 e. The lowest BCUT2D eigenvalue weighted by atomic mass is 9.97. The molecule has 0 fully saturated rings. The molecule has 0 amide bonds. The molecule has 0 aliphatic heterocycles. The van der Waals surface area contributed by atoms with Gasteiger partial charge in [0.2, 0.25) is 0 Å². The number of hydrogen-bond acceptors (Lipinski definition) is 2. The van der Waals surface area contributed by atoms with Gasteiger partial charge in [0.25, 0.3) is 0 Å². The molecule has 1 aromatic rings. The second kappa shape index (κ2) is 4.97. The van der Waals surface area contributed by atoms with E-state index in [-0.39, 0.29) is 5.78 Å². The minimum Gasteiger partial charge on any atom is -0.496 e. The summed E-state index contributed by atoms with van der Waals surface area (Å²) in [7, 11) is 1.68. The zero-order valence-electron chi connectivity index (χ0n) is 11.5. The van der Waals surface area contributed by atoms with Gasteiger partial charge in [0.05, 0.1) is 7.11 Å². The van der Waals surface area contributed by atoms with Crippen LogP contribution in [0.15, 0.2) is 23.8 Å². The van der Waals surface area contributed by atoms with E-state index in [9.17, 15) is 4.79 Å². The number of rotatable bonds is 3. The lowest BCUT2D eigenvalue weighted by molar-refractivity contribution is 0.101. The summed E-state index contributed by atoms with van der Waals surface area (Å²) in [5.74, 6) is 1.65. The van der Waals surface area contributed by atoms with E-state index in [0.717, 1.165) is 29.7 Å². The average Bonchev–Trinajstić information content (AvgIpc) is 2.67. The van der Waals surface area contributed by atoms with Gasteiger partial charge in [-0.2, -0.15) is 0 Å². The van der Waals surface area contributed by atoms with Crippen molar-refractivity contribution in [2.75, 3.05) is 7.11 Å². The molecule has 2 nitrogen and oxygen atoms in total. The van der Waals surface area contributed by atoms with E-state index in [1.54, 1.807) is 14.0 Å². The van der Waals surface area contributed by atoms with Crippen molar-refractivity contribution in [1.29, 1.82) is 0 Å². The predicted octanol–water partition coefficient (Wildman–Crippen LogP) is 4.10. The molecule has 96 valence electrons. The second-order valence-corrected chi connectivity index (χ2v) is 5.24. The third-order valence-electron chi connectivity index (χ3n) is 3.65. The molecule has 0 aromatic heterocycles. The lowest BCUT2D eigenvalue weighted by Crippen LogP contribution is -1.98. The summed E-state index contributed by atoms with van der Waals surface area (Å²) in [4.78, 5) is 11.5. The van der Waals surface area contributed by atoms with Crippen molar-refractivity contribution >= 4 is 11.4 Å². The van der Waals surface area contributed by atoms with Crippen LogP contribution in [0.1, 0.15) is 49.5 Å². The monoisotopic (exact) mass is 244 g/mol. The molecule has 0 bridgehead atoms. The molecule has 1 aromatic carbocycles. The summed E-state index contributed by atoms with van der Waals surface area (Å²) in [6, 6.07) is 5.70. The number of benzene rings is 1. The fourth-order valence-corrected chi connectivity index (χ4v) is 2.74. The summed E-state index contributed by atoms with van der Waals surface area (Å²) in [5, 5.41) is 0. The molecule has 0 N–H and O–H groups in total. The van der Waals surface area contributed by atoms with Crippen LogP contribution in [0.25, 0.3) is 5.57 Å². The fourth-order valence-electron chi connectivity index (χ4n) is 2.74. The van der Waals surface area contributed by atoms with Crippen LogP contribution in [-0.2, 0) is 0 Å². The van der Waals surface area contributed by atoms with E-state index in [4.69, 9.17) is 4.74 Å². The van der Waals surface area contributed by atoms with Crippen LogP contribution in [-0.4, -0.2) is 12.9 Å². The zero-order chi connectivity index (χ0) is 13.3. The molecule has 2 rings (SSSR count). The van der Waals surface area contributed by atoms with Crippen molar-refractivity contribution in [3.8, 4) is 5.75 Å². The maximum Gasteiger partial charge on any atom is 0.159 e. The third kappa shape index (κ3) is 2.33. The Balaban J connectivity index is 2.51. The quantitative estimate of drug-likeness (QED) is 0.748. The normalized spacial score (nSPS) is 19.2. The fraction of sp³-hybridized carbons (Fsp3) is 0.438. The molecule has 1 unspecified atom stereocenters. The summed E-state index contributed by atoms with van der Waals surface area (Å²) in [5.41, 5.74) is 4.61. The average molecular weight is 244 g/mol. The van der Waals surface area contributed by atoms with Gasteiger partial charge in [-0.25, -0.2) is 0 Å². The van der Waals surface area contributed by atoms with Crippen molar-refractivity contribution in [1.82, 2.24) is 0 Å². The van der Waals surface area contributed by atoms with Crippen LogP contribution < -0.4 is 4.74 Å². The van der Waals surface area contributed by atoms with Crippen molar-refractivity contribution in [3.05, 3.63) is 34.9 Å². The molecule has 1 aliphatic rings. The highest BCUT2D eigenvalue weighted by atomic mass is 16.5. The Kier molecular flexibility index (Phi) is 3.55. The van der Waals surface area contributed by atoms with Crippen LogP contribution in [0.4, 0.5) is 0 Å². The van der Waals surface area contributed by atoms with Crippen LogP contribution in [0.3, 0.4) is 0 Å². The van der Waals surface area contributed by atoms with Crippen LogP contribution in [0.2, 0.25) is 0 Å². The highest BCUT2D eigenvalue weighted by Gasteiger charge is 2.22. The Hall–Kier alpha value is -1.57. The number of methoxy groups -OCH3 is 1. The number of carbonyl (C=O) groups excluding carboxylic acids is 1. The first-order valence-electron chi connectivity index (χ1n) is 6.41. The maximum atomic E-state index is 11.5. The highest BCUT2D eigenvalue weighted by molar-refractivity contribution is 5.95. The second-order valence-electron chi connectivity index (χ2n) is 5.24. The van der Waals surface area contributed by atoms with Gasteiger partial charge >= 0.3 is 0 Å². The Labute approximate surface area is 109 Å². The maximum absolute atomic E-state index is 11.5. The van der Waals surface area contributed by atoms with Crippen molar-refractivity contribution in [2.45, 2.75) is 33.6 Å². The van der Waals surface area contributed by atoms with Gasteiger partial charge in [-0.3, -0.25) is 4.79 Å². The van der Waals surface area contributed by atoms with Gasteiger partial charge < -0.3 is 4.74 Å². The van der Waals surface area contributed by atoms with Gasteiger partial charge in [-0.15, -0.1) is 0 Å². The summed E-state index contributed by atoms with van der Waals surface area (Å²) < 4.78 is 5.43. The Bertz CT molecular complexity index is 512. The number of allylic oxidation sites excluding steroid dienone is 2. The standard InChI is InChI=1S/C16H20O2/c1-10-7-11(2)14(8-10)15-9-13(12(3)17)5-6-16(15)18-4/h5-6,9-10H,7-8H2,1-4H3. The van der Waals surface area contributed by atoms with Gasteiger partial charge in [0, 0.05) is 11.1 Å².